The first-order chi connectivity index (χ1) is 21.9. The number of Topliss-reactive ketones (excluding diaryl/α,β-unsaturated/α-hetero) is 1. The predicted octanol–water partition coefficient (Wildman–Crippen LogP) is 4.27. The maximum absolute atomic E-state index is 13.6. The lowest BCUT2D eigenvalue weighted by Crippen LogP contribution is -2.46. The lowest BCUT2D eigenvalue weighted by Gasteiger charge is -2.21. The van der Waals surface area contributed by atoms with E-state index in [0.717, 1.165) is 17.2 Å². The molecule has 0 saturated heterocycles. The van der Waals surface area contributed by atoms with Crippen LogP contribution in [0, 0.1) is 12.8 Å². The lowest BCUT2D eigenvalue weighted by molar-refractivity contribution is -0.122. The number of nitrogens with one attached hydrogen (secondary N) is 2. The maximum atomic E-state index is 13.6. The minimum absolute atomic E-state index is 0.105. The van der Waals surface area contributed by atoms with Crippen molar-refractivity contribution < 1.29 is 28.0 Å². The molecule has 46 heavy (non-hydrogen) atoms. The van der Waals surface area contributed by atoms with Gasteiger partial charge in [0.1, 0.15) is 29.0 Å². The molecule has 0 radical (unpaired) electrons. The van der Waals surface area contributed by atoms with Crippen molar-refractivity contribution in [2.24, 2.45) is 5.92 Å². The molecular formula is C32H33N7O7. The van der Waals surface area contributed by atoms with Gasteiger partial charge in [-0.25, -0.2) is 14.8 Å². The van der Waals surface area contributed by atoms with E-state index in [-0.39, 0.29) is 23.3 Å². The number of amides is 2. The van der Waals surface area contributed by atoms with Gasteiger partial charge in [-0.05, 0) is 44.4 Å². The molecular weight excluding hydrogens is 594 g/mol. The molecule has 14 nitrogen and oxygen atoms in total. The Morgan fingerprint density at radius 1 is 1.02 bits per heavy atom. The Morgan fingerprint density at radius 3 is 2.46 bits per heavy atom. The zero-order valence-electron chi connectivity index (χ0n) is 26.2. The van der Waals surface area contributed by atoms with Gasteiger partial charge >= 0.3 is 6.09 Å². The highest BCUT2D eigenvalue weighted by Crippen LogP contribution is 2.32. The number of carbonyl (C=O) groups is 3. The van der Waals surface area contributed by atoms with Gasteiger partial charge in [-0.15, -0.1) is 10.2 Å². The van der Waals surface area contributed by atoms with E-state index in [9.17, 15) is 19.2 Å². The van der Waals surface area contributed by atoms with Crippen LogP contribution in [0.15, 0.2) is 68.4 Å². The number of oxazole rings is 1. The Kier molecular flexibility index (Phi) is 8.80. The first-order valence-electron chi connectivity index (χ1n) is 14.4. The van der Waals surface area contributed by atoms with Crippen LogP contribution in [0.25, 0.3) is 22.5 Å². The van der Waals surface area contributed by atoms with Crippen LogP contribution < -0.4 is 16.2 Å². The third-order valence-corrected chi connectivity index (χ3v) is 7.32. The zero-order valence-corrected chi connectivity index (χ0v) is 26.2. The quantitative estimate of drug-likeness (QED) is 0.211. The number of rotatable bonds is 10. The molecule has 1 atom stereocenters. The summed E-state index contributed by atoms with van der Waals surface area (Å²) in [5.41, 5.74) is 1.01. The summed E-state index contributed by atoms with van der Waals surface area (Å²) in [6, 6.07) is 13.3. The molecule has 3 aromatic heterocycles. The van der Waals surface area contributed by atoms with Crippen molar-refractivity contribution in [2.45, 2.75) is 52.6 Å². The van der Waals surface area contributed by atoms with E-state index in [4.69, 9.17) is 8.83 Å². The third-order valence-electron chi connectivity index (χ3n) is 7.32. The van der Waals surface area contributed by atoms with Gasteiger partial charge in [0.15, 0.2) is 5.58 Å². The molecule has 1 unspecified atom stereocenters. The second-order valence-corrected chi connectivity index (χ2v) is 11.6. The molecule has 5 rings (SSSR count). The molecule has 5 aromatic rings. The predicted molar refractivity (Wildman–Crippen MR) is 166 cm³/mol. The normalized spacial score (nSPS) is 12.2. The zero-order chi connectivity index (χ0) is 33.2. The van der Waals surface area contributed by atoms with Gasteiger partial charge in [-0.2, -0.15) is 0 Å². The Labute approximate surface area is 263 Å². The molecule has 0 saturated carbocycles. The number of benzene rings is 2. The fourth-order valence-corrected chi connectivity index (χ4v) is 4.71. The Balaban J connectivity index is 1.39. The van der Waals surface area contributed by atoms with Crippen LogP contribution >= 0.6 is 0 Å². The van der Waals surface area contributed by atoms with Crippen LogP contribution in [0.1, 0.15) is 55.7 Å². The van der Waals surface area contributed by atoms with Gasteiger partial charge in [-0.1, -0.05) is 50.2 Å². The van der Waals surface area contributed by atoms with E-state index in [0.29, 0.717) is 22.6 Å². The fourth-order valence-electron chi connectivity index (χ4n) is 4.71. The number of hydrogen-bond acceptors (Lipinski definition) is 11. The van der Waals surface area contributed by atoms with Crippen LogP contribution in [0.2, 0.25) is 0 Å². The first kappa shape index (κ1) is 31.8. The SMILES string of the molecule is COC(=O)Nc1cnc(-c2ccccc2)n(CC(=O)NC(C(=O)c2nnc(C(C)(C)c3nc4cc(C)ccc4o3)o2)C(C)C)c1=O. The number of carbonyl (C=O) groups excluding carboxylic acids is 3. The van der Waals surface area contributed by atoms with Gasteiger partial charge in [-0.3, -0.25) is 24.3 Å². The second kappa shape index (κ2) is 12.8. The second-order valence-electron chi connectivity index (χ2n) is 11.6. The van der Waals surface area contributed by atoms with E-state index in [2.05, 4.69) is 35.5 Å². The van der Waals surface area contributed by atoms with E-state index in [1.807, 2.05) is 25.1 Å². The summed E-state index contributed by atoms with van der Waals surface area (Å²) in [6.45, 7) is 8.50. The van der Waals surface area contributed by atoms with Crippen molar-refractivity contribution in [3.8, 4) is 11.4 Å². The number of aryl methyl sites for hydroxylation is 1. The Morgan fingerprint density at radius 2 is 1.76 bits per heavy atom. The van der Waals surface area contributed by atoms with E-state index < -0.39 is 47.3 Å². The van der Waals surface area contributed by atoms with Crippen molar-refractivity contribution in [1.82, 2.24) is 30.0 Å². The smallest absolute Gasteiger partial charge is 0.411 e. The molecule has 0 aliphatic rings. The summed E-state index contributed by atoms with van der Waals surface area (Å²) in [5.74, 6) is -1.35. The van der Waals surface area contributed by atoms with E-state index in [1.54, 1.807) is 58.0 Å². The number of methoxy groups -OCH3 is 1. The number of nitrogens with zero attached hydrogens (tertiary/aromatic N) is 5. The fraction of sp³-hybridized carbons (Fsp3) is 0.312. The monoisotopic (exact) mass is 627 g/mol. The molecule has 0 aliphatic heterocycles. The summed E-state index contributed by atoms with van der Waals surface area (Å²) in [6.07, 6.45) is 0.314. The third kappa shape index (κ3) is 6.41. The highest BCUT2D eigenvalue weighted by molar-refractivity contribution is 5.98. The number of fused-ring (bicyclic) bond motifs is 1. The van der Waals surface area contributed by atoms with Gasteiger partial charge in [0, 0.05) is 5.56 Å². The number of hydrogen-bond donors (Lipinski definition) is 2. The minimum Gasteiger partial charge on any atom is -0.453 e. The summed E-state index contributed by atoms with van der Waals surface area (Å²) >= 11 is 0. The molecule has 3 heterocycles. The standard InChI is InChI=1S/C32H33N7O7/c1-17(2)24(25(41)27-37-38-30(46-27)32(4,5)29-34-20-14-18(3)12-13-22(20)45-29)36-23(40)16-39-26(19-10-8-7-9-11-19)33-15-21(28(39)42)35-31(43)44-6/h7-15,17,24H,16H2,1-6H3,(H,35,43)(H,36,40). The van der Waals surface area contributed by atoms with Gasteiger partial charge < -0.3 is 18.9 Å². The molecule has 2 aromatic carbocycles. The molecule has 0 fully saturated rings. The summed E-state index contributed by atoms with van der Waals surface area (Å²) in [7, 11) is 1.15. The molecule has 14 heteroatoms. The van der Waals surface area contributed by atoms with Crippen molar-refractivity contribution in [2.75, 3.05) is 12.4 Å². The highest BCUT2D eigenvalue weighted by Gasteiger charge is 2.37. The molecule has 0 spiro atoms. The van der Waals surface area contributed by atoms with Crippen LogP contribution in [0.3, 0.4) is 0 Å². The van der Waals surface area contributed by atoms with Crippen molar-refractivity contribution >= 4 is 34.6 Å². The van der Waals surface area contributed by atoms with Crippen LogP contribution in [0.5, 0.6) is 0 Å². The van der Waals surface area contributed by atoms with Crippen molar-refractivity contribution in [3.63, 3.8) is 0 Å². The average molecular weight is 628 g/mol. The number of ketones is 1. The number of anilines is 1. The topological polar surface area (TPSA) is 184 Å². The van der Waals surface area contributed by atoms with Crippen molar-refractivity contribution in [3.05, 3.63) is 88.3 Å². The first-order valence-corrected chi connectivity index (χ1v) is 14.4. The maximum Gasteiger partial charge on any atom is 0.411 e. The molecule has 0 bridgehead atoms. The Hall–Kier alpha value is -5.66. The summed E-state index contributed by atoms with van der Waals surface area (Å²) in [4.78, 5) is 61.1. The largest absolute Gasteiger partial charge is 0.453 e. The molecule has 0 aliphatic carbocycles. The van der Waals surface area contributed by atoms with Crippen molar-refractivity contribution in [1.29, 1.82) is 0 Å². The highest BCUT2D eigenvalue weighted by atomic mass is 16.5. The molecule has 2 amide bonds. The number of ether oxygens (including phenoxy) is 1. The molecule has 2 N–H and O–H groups in total. The Bertz CT molecular complexity index is 1980. The molecule has 238 valence electrons. The number of aromatic nitrogens is 5. The van der Waals surface area contributed by atoms with Crippen LogP contribution in [-0.4, -0.2) is 55.7 Å². The van der Waals surface area contributed by atoms with E-state index in [1.165, 1.54) is 6.20 Å². The van der Waals surface area contributed by atoms with Gasteiger partial charge in [0.25, 0.3) is 11.4 Å². The average Bonchev–Trinajstić information content (AvgIpc) is 3.70. The van der Waals surface area contributed by atoms with Crippen LogP contribution in [-0.2, 0) is 21.5 Å². The van der Waals surface area contributed by atoms with Gasteiger partial charge in [0.2, 0.25) is 23.5 Å². The van der Waals surface area contributed by atoms with Gasteiger partial charge in [0.05, 0.1) is 19.3 Å². The summed E-state index contributed by atoms with van der Waals surface area (Å²) in [5, 5.41) is 13.1. The van der Waals surface area contributed by atoms with Crippen LogP contribution in [0.4, 0.5) is 10.5 Å². The van der Waals surface area contributed by atoms with E-state index >= 15 is 0 Å². The summed E-state index contributed by atoms with van der Waals surface area (Å²) < 4.78 is 17.5. The lowest BCUT2D eigenvalue weighted by atomic mass is 9.93. The minimum atomic E-state index is -1.07.